The summed E-state index contributed by atoms with van der Waals surface area (Å²) in [6.07, 6.45) is 1.83. The van der Waals surface area contributed by atoms with Gasteiger partial charge in [0.05, 0.1) is 16.8 Å². The highest BCUT2D eigenvalue weighted by atomic mass is 16.6. The Morgan fingerprint density at radius 3 is 2.35 bits per heavy atom. The molecule has 0 radical (unpaired) electrons. The number of Topliss-reactive ketones (excluding diaryl/α,β-unsaturated/α-hetero) is 1. The number of carbonyl (C=O) groups excluding carboxylic acids is 4. The van der Waals surface area contributed by atoms with Crippen molar-refractivity contribution in [2.45, 2.75) is 33.1 Å². The van der Waals surface area contributed by atoms with Gasteiger partial charge >= 0.3 is 0 Å². The number of nitro benzene ring substituents is 1. The van der Waals surface area contributed by atoms with Crippen LogP contribution in [-0.4, -0.2) is 45.0 Å². The molecule has 0 spiro atoms. The largest absolute Gasteiger partial charge is 0.292 e. The molecule has 1 heterocycles. The van der Waals surface area contributed by atoms with Crippen LogP contribution in [0, 0.1) is 34.8 Å². The predicted molar refractivity (Wildman–Crippen MR) is 121 cm³/mol. The average molecular weight is 463 g/mol. The Kier molecular flexibility index (Phi) is 6.28. The predicted octanol–water partition coefficient (Wildman–Crippen LogP) is 3.56. The van der Waals surface area contributed by atoms with Crippen molar-refractivity contribution in [1.82, 2.24) is 10.0 Å². The summed E-state index contributed by atoms with van der Waals surface area (Å²) in [6.45, 7) is 3.27. The van der Waals surface area contributed by atoms with Crippen LogP contribution in [-0.2, 0) is 9.59 Å². The van der Waals surface area contributed by atoms with E-state index in [1.54, 1.807) is 24.3 Å². The Labute approximate surface area is 196 Å². The van der Waals surface area contributed by atoms with E-state index < -0.39 is 52.5 Å². The van der Waals surface area contributed by atoms with E-state index in [1.807, 2.05) is 13.8 Å². The van der Waals surface area contributed by atoms with E-state index in [0.717, 1.165) is 22.0 Å². The van der Waals surface area contributed by atoms with Crippen molar-refractivity contribution in [1.29, 1.82) is 0 Å². The first kappa shape index (κ1) is 23.3. The van der Waals surface area contributed by atoms with Gasteiger partial charge < -0.3 is 0 Å². The smallest absolute Gasteiger partial charge is 0.282 e. The van der Waals surface area contributed by atoms with E-state index in [0.29, 0.717) is 18.4 Å². The van der Waals surface area contributed by atoms with Crippen molar-refractivity contribution in [3.05, 3.63) is 75.3 Å². The van der Waals surface area contributed by atoms with Gasteiger partial charge in [-0.2, -0.15) is 5.01 Å². The fourth-order valence-corrected chi connectivity index (χ4v) is 4.76. The van der Waals surface area contributed by atoms with E-state index in [-0.39, 0.29) is 11.5 Å². The molecule has 176 valence electrons. The van der Waals surface area contributed by atoms with Gasteiger partial charge in [0.25, 0.3) is 23.4 Å². The maximum atomic E-state index is 13.6. The molecule has 0 bridgehead atoms. The highest BCUT2D eigenvalue weighted by Crippen LogP contribution is 2.41. The van der Waals surface area contributed by atoms with Gasteiger partial charge in [0, 0.05) is 11.6 Å². The standard InChI is InChI=1S/C25H25N3O6/c1-15-7-10-17(11-8-15)22(29)14-26(23(30)19-5-3-4-6-21(19)28(33)34)27-24(31)18-12-9-16(2)13-20(18)25(27)32/h3-8,10-11,16,18,20H,9,12-14H2,1-2H3/t16-,18+,20+/m0/s1. The van der Waals surface area contributed by atoms with Crippen LogP contribution in [0.1, 0.15) is 52.5 Å². The molecule has 0 unspecified atom stereocenters. The quantitative estimate of drug-likeness (QED) is 0.280. The Bertz CT molecular complexity index is 1180. The van der Waals surface area contributed by atoms with E-state index in [9.17, 15) is 29.3 Å². The van der Waals surface area contributed by atoms with Gasteiger partial charge in [0.1, 0.15) is 12.1 Å². The van der Waals surface area contributed by atoms with Crippen molar-refractivity contribution in [3.8, 4) is 0 Å². The summed E-state index contributed by atoms with van der Waals surface area (Å²) in [6, 6.07) is 12.0. The third-order valence-corrected chi connectivity index (χ3v) is 6.64. The number of nitrogens with zero attached hydrogens (tertiary/aromatic N) is 3. The van der Waals surface area contributed by atoms with Gasteiger partial charge in [-0.25, -0.2) is 5.01 Å². The molecule has 9 heteroatoms. The second-order valence-electron chi connectivity index (χ2n) is 9.05. The number of hydrazine groups is 1. The van der Waals surface area contributed by atoms with Crippen molar-refractivity contribution >= 4 is 29.2 Å². The molecule has 1 aliphatic heterocycles. The average Bonchev–Trinajstić information content (AvgIpc) is 3.06. The van der Waals surface area contributed by atoms with Crippen LogP contribution in [0.5, 0.6) is 0 Å². The molecule has 2 aromatic carbocycles. The maximum Gasteiger partial charge on any atom is 0.282 e. The SMILES string of the molecule is Cc1ccc(C(=O)CN(C(=O)c2ccccc2[N+](=O)[O-])N2C(=O)[C@@H]3CC[C@H](C)C[C@H]3C2=O)cc1. The number of amides is 3. The first-order valence-corrected chi connectivity index (χ1v) is 11.2. The molecule has 2 aliphatic rings. The summed E-state index contributed by atoms with van der Waals surface area (Å²) >= 11 is 0. The van der Waals surface area contributed by atoms with Gasteiger partial charge in [0.2, 0.25) is 0 Å². The molecule has 2 fully saturated rings. The molecule has 1 saturated carbocycles. The molecule has 0 N–H and O–H groups in total. The highest BCUT2D eigenvalue weighted by Gasteiger charge is 2.53. The lowest BCUT2D eigenvalue weighted by Crippen LogP contribution is -2.52. The minimum Gasteiger partial charge on any atom is -0.292 e. The normalized spacial score (nSPS) is 21.8. The number of hydrogen-bond acceptors (Lipinski definition) is 6. The number of carbonyl (C=O) groups is 4. The number of aryl methyl sites for hydroxylation is 1. The first-order chi connectivity index (χ1) is 16.2. The van der Waals surface area contributed by atoms with E-state index in [1.165, 1.54) is 24.3 Å². The third kappa shape index (κ3) is 4.21. The number of ketones is 1. The number of fused-ring (bicyclic) bond motifs is 1. The van der Waals surface area contributed by atoms with Crippen LogP contribution in [0.3, 0.4) is 0 Å². The summed E-state index contributed by atoms with van der Waals surface area (Å²) < 4.78 is 0. The molecule has 1 saturated heterocycles. The van der Waals surface area contributed by atoms with Crippen molar-refractivity contribution < 1.29 is 24.1 Å². The number of nitro groups is 1. The van der Waals surface area contributed by atoms with Crippen LogP contribution < -0.4 is 0 Å². The van der Waals surface area contributed by atoms with E-state index >= 15 is 0 Å². The van der Waals surface area contributed by atoms with Gasteiger partial charge in [-0.1, -0.05) is 48.9 Å². The van der Waals surface area contributed by atoms with Crippen LogP contribution in [0.15, 0.2) is 48.5 Å². The van der Waals surface area contributed by atoms with Crippen LogP contribution in [0.4, 0.5) is 5.69 Å². The van der Waals surface area contributed by atoms with Crippen molar-refractivity contribution in [3.63, 3.8) is 0 Å². The summed E-state index contributed by atoms with van der Waals surface area (Å²) in [5, 5.41) is 13.1. The van der Waals surface area contributed by atoms with Gasteiger partial charge in [-0.05, 0) is 38.2 Å². The minimum atomic E-state index is -0.943. The van der Waals surface area contributed by atoms with Crippen molar-refractivity contribution in [2.24, 2.45) is 17.8 Å². The lowest BCUT2D eigenvalue weighted by Gasteiger charge is -2.30. The molecule has 1 aliphatic carbocycles. The highest BCUT2D eigenvalue weighted by molar-refractivity contribution is 6.10. The Balaban J connectivity index is 1.74. The van der Waals surface area contributed by atoms with Crippen LogP contribution >= 0.6 is 0 Å². The molecule has 34 heavy (non-hydrogen) atoms. The lowest BCUT2D eigenvalue weighted by atomic mass is 9.76. The van der Waals surface area contributed by atoms with Crippen LogP contribution in [0.2, 0.25) is 0 Å². The number of benzene rings is 2. The van der Waals surface area contributed by atoms with E-state index in [4.69, 9.17) is 0 Å². The second-order valence-corrected chi connectivity index (χ2v) is 9.05. The summed E-state index contributed by atoms with van der Waals surface area (Å²) in [5.41, 5.74) is 0.474. The molecular weight excluding hydrogens is 438 g/mol. The topological polar surface area (TPSA) is 118 Å². The third-order valence-electron chi connectivity index (χ3n) is 6.64. The van der Waals surface area contributed by atoms with Crippen molar-refractivity contribution in [2.75, 3.05) is 6.54 Å². The molecule has 3 atom stereocenters. The number of para-hydroxylation sites is 1. The molecule has 2 aromatic rings. The zero-order valence-corrected chi connectivity index (χ0v) is 19.0. The Morgan fingerprint density at radius 2 is 1.68 bits per heavy atom. The summed E-state index contributed by atoms with van der Waals surface area (Å²) in [5.74, 6) is -3.37. The molecule has 0 aromatic heterocycles. The summed E-state index contributed by atoms with van der Waals surface area (Å²) in [4.78, 5) is 64.1. The van der Waals surface area contributed by atoms with Gasteiger partial charge in [-0.3, -0.25) is 29.3 Å². The molecule has 3 amide bonds. The summed E-state index contributed by atoms with van der Waals surface area (Å²) in [7, 11) is 0. The molecule has 9 nitrogen and oxygen atoms in total. The fraction of sp³-hybridized carbons (Fsp3) is 0.360. The second kappa shape index (κ2) is 9.17. The first-order valence-electron chi connectivity index (χ1n) is 11.2. The number of imide groups is 1. The fourth-order valence-electron chi connectivity index (χ4n) is 4.76. The number of hydrogen-bond donors (Lipinski definition) is 0. The zero-order chi connectivity index (χ0) is 24.6. The van der Waals surface area contributed by atoms with E-state index in [2.05, 4.69) is 0 Å². The van der Waals surface area contributed by atoms with Crippen LogP contribution in [0.25, 0.3) is 0 Å². The zero-order valence-electron chi connectivity index (χ0n) is 19.0. The molecule has 4 rings (SSSR count). The monoisotopic (exact) mass is 463 g/mol. The molecular formula is C25H25N3O6. The maximum absolute atomic E-state index is 13.6. The lowest BCUT2D eigenvalue weighted by molar-refractivity contribution is -0.385. The Morgan fingerprint density at radius 1 is 1.03 bits per heavy atom. The Hall–Kier alpha value is -3.88. The minimum absolute atomic E-state index is 0.256. The number of rotatable bonds is 6. The van der Waals surface area contributed by atoms with Gasteiger partial charge in [-0.15, -0.1) is 0 Å². The van der Waals surface area contributed by atoms with Gasteiger partial charge in [0.15, 0.2) is 5.78 Å².